The number of carbonyl (C=O) groups excluding carboxylic acids is 1. The Bertz CT molecular complexity index is 1170. The van der Waals surface area contributed by atoms with E-state index in [9.17, 15) is 22.4 Å². The molecule has 3 aromatic rings. The first-order valence-electron chi connectivity index (χ1n) is 10.9. The van der Waals surface area contributed by atoms with E-state index in [1.54, 1.807) is 29.2 Å². The predicted octanol–water partition coefficient (Wildman–Crippen LogP) is 3.69. The number of aromatic nitrogens is 4. The van der Waals surface area contributed by atoms with Crippen LogP contribution >= 0.6 is 0 Å². The highest BCUT2D eigenvalue weighted by Crippen LogP contribution is 2.33. The van der Waals surface area contributed by atoms with Crippen LogP contribution in [0.4, 0.5) is 23.4 Å². The van der Waals surface area contributed by atoms with Gasteiger partial charge in [-0.25, -0.2) is 4.39 Å². The summed E-state index contributed by atoms with van der Waals surface area (Å²) in [6.45, 7) is 1.22. The lowest BCUT2D eigenvalue weighted by Gasteiger charge is -2.35. The molecule has 5 rings (SSSR count). The zero-order valence-corrected chi connectivity index (χ0v) is 17.7. The molecule has 1 aromatic carbocycles. The zero-order valence-electron chi connectivity index (χ0n) is 17.7. The molecule has 1 aliphatic heterocycles. The van der Waals surface area contributed by atoms with Crippen LogP contribution in [0, 0.1) is 11.7 Å². The van der Waals surface area contributed by atoms with E-state index in [1.807, 2.05) is 4.90 Å². The Kier molecular flexibility index (Phi) is 5.41. The Labute approximate surface area is 187 Å². The first-order valence-corrected chi connectivity index (χ1v) is 10.9. The summed E-state index contributed by atoms with van der Waals surface area (Å²) in [5.41, 5.74) is 0.520. The number of piperidine rings is 1. The van der Waals surface area contributed by atoms with Crippen molar-refractivity contribution in [1.29, 1.82) is 0 Å². The number of benzene rings is 1. The molecule has 0 bridgehead atoms. The summed E-state index contributed by atoms with van der Waals surface area (Å²) in [4.78, 5) is 16.9. The number of carbonyl (C=O) groups is 1. The van der Waals surface area contributed by atoms with Crippen molar-refractivity contribution in [1.82, 2.24) is 24.7 Å². The Morgan fingerprint density at radius 2 is 1.76 bits per heavy atom. The number of hydrogen-bond acceptors (Lipinski definition) is 5. The minimum Gasteiger partial charge on any atom is -0.355 e. The smallest absolute Gasteiger partial charge is 0.355 e. The molecule has 0 unspecified atom stereocenters. The molecule has 0 atom stereocenters. The highest BCUT2D eigenvalue weighted by atomic mass is 19.4. The van der Waals surface area contributed by atoms with E-state index in [-0.39, 0.29) is 35.9 Å². The normalized spacial score (nSPS) is 17.5. The second-order valence-corrected chi connectivity index (χ2v) is 8.53. The SMILES string of the molecule is O=C(C1CCN(c2ccc3nnc(C(F)(F)F)n3n2)CC1)N(Cc1ccccc1F)C1CC1. The molecule has 2 aromatic heterocycles. The van der Waals surface area contributed by atoms with Crippen molar-refractivity contribution in [2.75, 3.05) is 18.0 Å². The lowest BCUT2D eigenvalue weighted by atomic mass is 9.95. The van der Waals surface area contributed by atoms with Gasteiger partial charge < -0.3 is 9.80 Å². The molecule has 33 heavy (non-hydrogen) atoms. The molecule has 2 fully saturated rings. The average molecular weight is 462 g/mol. The van der Waals surface area contributed by atoms with Crippen molar-refractivity contribution >= 4 is 17.4 Å². The third-order valence-electron chi connectivity index (χ3n) is 6.24. The molecule has 1 aliphatic carbocycles. The van der Waals surface area contributed by atoms with Crippen molar-refractivity contribution in [3.8, 4) is 0 Å². The standard InChI is InChI=1S/C22H22F4N6O/c23-17-4-2-1-3-15(17)13-31(16-5-6-16)20(33)14-9-11-30(12-10-14)19-8-7-18-27-28-21(22(24,25)26)32(18)29-19/h1-4,7-8,14,16H,5-6,9-13H2. The molecular weight excluding hydrogens is 440 g/mol. The first-order chi connectivity index (χ1) is 15.8. The van der Waals surface area contributed by atoms with Gasteiger partial charge in [-0.1, -0.05) is 18.2 Å². The van der Waals surface area contributed by atoms with Crippen LogP contribution < -0.4 is 4.90 Å². The van der Waals surface area contributed by atoms with Gasteiger partial charge in [-0.15, -0.1) is 15.3 Å². The number of amides is 1. The van der Waals surface area contributed by atoms with Gasteiger partial charge in [0.2, 0.25) is 5.91 Å². The largest absolute Gasteiger partial charge is 0.453 e. The minimum absolute atomic E-state index is 0.0157. The van der Waals surface area contributed by atoms with Gasteiger partial charge in [0.25, 0.3) is 5.82 Å². The fourth-order valence-electron chi connectivity index (χ4n) is 4.30. The Hall–Kier alpha value is -3.24. The highest BCUT2D eigenvalue weighted by Gasteiger charge is 2.39. The quantitative estimate of drug-likeness (QED) is 0.541. The van der Waals surface area contributed by atoms with E-state index < -0.39 is 12.0 Å². The van der Waals surface area contributed by atoms with Crippen molar-refractivity contribution in [3.05, 3.63) is 53.6 Å². The molecule has 0 radical (unpaired) electrons. The maximum absolute atomic E-state index is 14.1. The molecule has 0 N–H and O–H groups in total. The molecule has 7 nitrogen and oxygen atoms in total. The molecule has 11 heteroatoms. The Morgan fingerprint density at radius 1 is 1.03 bits per heavy atom. The van der Waals surface area contributed by atoms with Crippen molar-refractivity contribution in [3.63, 3.8) is 0 Å². The van der Waals surface area contributed by atoms with E-state index in [0.717, 1.165) is 12.8 Å². The zero-order chi connectivity index (χ0) is 23.2. The molecule has 0 spiro atoms. The molecule has 2 aliphatic rings. The fourth-order valence-corrected chi connectivity index (χ4v) is 4.30. The number of anilines is 1. The van der Waals surface area contributed by atoms with Gasteiger partial charge in [0.05, 0.1) is 0 Å². The van der Waals surface area contributed by atoms with Gasteiger partial charge in [0, 0.05) is 37.2 Å². The second kappa shape index (κ2) is 8.27. The number of fused-ring (bicyclic) bond motifs is 1. The van der Waals surface area contributed by atoms with E-state index >= 15 is 0 Å². The first kappa shape index (κ1) is 21.6. The molecule has 1 amide bonds. The van der Waals surface area contributed by atoms with Crippen LogP contribution in [0.3, 0.4) is 0 Å². The third kappa shape index (κ3) is 4.36. The average Bonchev–Trinajstić information content (AvgIpc) is 3.54. The van der Waals surface area contributed by atoms with Crippen LogP contribution in [-0.2, 0) is 17.5 Å². The summed E-state index contributed by atoms with van der Waals surface area (Å²) in [5, 5.41) is 10.8. The molecule has 3 heterocycles. The third-order valence-corrected chi connectivity index (χ3v) is 6.24. The van der Waals surface area contributed by atoms with Crippen LogP contribution in [0.5, 0.6) is 0 Å². The van der Waals surface area contributed by atoms with Crippen molar-refractivity contribution < 1.29 is 22.4 Å². The Morgan fingerprint density at radius 3 is 2.42 bits per heavy atom. The lowest BCUT2D eigenvalue weighted by Crippen LogP contribution is -2.43. The summed E-state index contributed by atoms with van der Waals surface area (Å²) in [5.74, 6) is -1.30. The van der Waals surface area contributed by atoms with Crippen LogP contribution in [0.15, 0.2) is 36.4 Å². The maximum Gasteiger partial charge on any atom is 0.453 e. The van der Waals surface area contributed by atoms with Crippen LogP contribution in [-0.4, -0.2) is 49.7 Å². The lowest BCUT2D eigenvalue weighted by molar-refractivity contribution is -0.146. The number of nitrogens with zero attached hydrogens (tertiary/aromatic N) is 6. The van der Waals surface area contributed by atoms with Crippen LogP contribution in [0.1, 0.15) is 37.1 Å². The van der Waals surface area contributed by atoms with Gasteiger partial charge in [-0.05, 0) is 43.9 Å². The fraction of sp³-hybridized carbons (Fsp3) is 0.455. The number of rotatable bonds is 5. The number of halogens is 4. The summed E-state index contributed by atoms with van der Waals surface area (Å²) in [6, 6.07) is 9.69. The van der Waals surface area contributed by atoms with E-state index in [2.05, 4.69) is 15.3 Å². The van der Waals surface area contributed by atoms with Gasteiger partial charge in [-0.2, -0.15) is 17.7 Å². The van der Waals surface area contributed by atoms with Crippen molar-refractivity contribution in [2.45, 2.75) is 44.4 Å². The number of hydrogen-bond donors (Lipinski definition) is 0. The van der Waals surface area contributed by atoms with Crippen molar-refractivity contribution in [2.24, 2.45) is 5.92 Å². The monoisotopic (exact) mass is 462 g/mol. The van der Waals surface area contributed by atoms with Crippen LogP contribution in [0.25, 0.3) is 5.65 Å². The molecule has 174 valence electrons. The summed E-state index contributed by atoms with van der Waals surface area (Å²) < 4.78 is 54.3. The van der Waals surface area contributed by atoms with E-state index in [4.69, 9.17) is 0 Å². The van der Waals surface area contributed by atoms with Gasteiger partial charge in [-0.3, -0.25) is 4.79 Å². The minimum atomic E-state index is -4.66. The molecule has 1 saturated carbocycles. The van der Waals surface area contributed by atoms with Crippen LogP contribution in [0.2, 0.25) is 0 Å². The molecule has 1 saturated heterocycles. The van der Waals surface area contributed by atoms with E-state index in [1.165, 1.54) is 12.1 Å². The summed E-state index contributed by atoms with van der Waals surface area (Å²) >= 11 is 0. The Balaban J connectivity index is 1.27. The second-order valence-electron chi connectivity index (χ2n) is 8.53. The van der Waals surface area contributed by atoms with E-state index in [0.29, 0.717) is 41.8 Å². The number of alkyl halides is 3. The maximum atomic E-state index is 14.1. The highest BCUT2D eigenvalue weighted by molar-refractivity contribution is 5.80. The summed E-state index contributed by atoms with van der Waals surface area (Å²) in [6.07, 6.45) is -1.72. The van der Waals surface area contributed by atoms with Gasteiger partial charge >= 0.3 is 6.18 Å². The van der Waals surface area contributed by atoms with Gasteiger partial charge in [0.1, 0.15) is 11.6 Å². The topological polar surface area (TPSA) is 66.6 Å². The predicted molar refractivity (Wildman–Crippen MR) is 111 cm³/mol. The van der Waals surface area contributed by atoms with Gasteiger partial charge in [0.15, 0.2) is 5.65 Å². The molecular formula is C22H22F4N6O. The summed E-state index contributed by atoms with van der Waals surface area (Å²) in [7, 11) is 0.